The van der Waals surface area contributed by atoms with Gasteiger partial charge in [0.25, 0.3) is 0 Å². The molecular formula is C13H28N2S. The summed E-state index contributed by atoms with van der Waals surface area (Å²) in [5.41, 5.74) is 0.456. The number of hydrogen-bond donors (Lipinski definition) is 1. The molecule has 1 aliphatic heterocycles. The van der Waals surface area contributed by atoms with E-state index in [1.165, 1.54) is 50.5 Å². The number of hydrogen-bond acceptors (Lipinski definition) is 3. The van der Waals surface area contributed by atoms with Gasteiger partial charge in [-0.1, -0.05) is 20.8 Å². The third-order valence-electron chi connectivity index (χ3n) is 3.54. The van der Waals surface area contributed by atoms with E-state index in [4.69, 9.17) is 0 Å². The van der Waals surface area contributed by atoms with Gasteiger partial charge in [0, 0.05) is 37.7 Å². The summed E-state index contributed by atoms with van der Waals surface area (Å²) in [7, 11) is 0. The molecule has 0 amide bonds. The second-order valence-corrected chi connectivity index (χ2v) is 6.45. The zero-order chi connectivity index (χ0) is 11.9. The van der Waals surface area contributed by atoms with Crippen molar-refractivity contribution in [1.82, 2.24) is 10.2 Å². The molecule has 0 aromatic heterocycles. The predicted molar refractivity (Wildman–Crippen MR) is 75.3 cm³/mol. The van der Waals surface area contributed by atoms with Crippen LogP contribution in [0.4, 0.5) is 0 Å². The van der Waals surface area contributed by atoms with Gasteiger partial charge in [-0.05, 0) is 24.8 Å². The number of rotatable bonds is 7. The number of nitrogens with zero attached hydrogens (tertiary/aromatic N) is 1. The minimum Gasteiger partial charge on any atom is -0.316 e. The first kappa shape index (κ1) is 14.3. The van der Waals surface area contributed by atoms with Crippen molar-refractivity contribution in [1.29, 1.82) is 0 Å². The van der Waals surface area contributed by atoms with E-state index in [-0.39, 0.29) is 0 Å². The third kappa shape index (κ3) is 5.07. The van der Waals surface area contributed by atoms with Gasteiger partial charge in [0.15, 0.2) is 0 Å². The highest BCUT2D eigenvalue weighted by molar-refractivity contribution is 7.99. The molecule has 0 bridgehead atoms. The summed E-state index contributed by atoms with van der Waals surface area (Å²) in [5.74, 6) is 2.64. The molecule has 1 N–H and O–H groups in total. The van der Waals surface area contributed by atoms with Crippen LogP contribution in [0.25, 0.3) is 0 Å². The molecule has 0 radical (unpaired) electrons. The van der Waals surface area contributed by atoms with Crippen LogP contribution in [0.15, 0.2) is 0 Å². The molecule has 0 aromatic carbocycles. The van der Waals surface area contributed by atoms with Crippen LogP contribution >= 0.6 is 11.8 Å². The van der Waals surface area contributed by atoms with Gasteiger partial charge in [-0.3, -0.25) is 0 Å². The van der Waals surface area contributed by atoms with Crippen LogP contribution in [-0.4, -0.2) is 49.1 Å². The van der Waals surface area contributed by atoms with E-state index >= 15 is 0 Å². The Morgan fingerprint density at radius 1 is 1.25 bits per heavy atom. The average molecular weight is 244 g/mol. The molecule has 1 saturated heterocycles. The summed E-state index contributed by atoms with van der Waals surface area (Å²) < 4.78 is 0. The van der Waals surface area contributed by atoms with Crippen LogP contribution in [0.1, 0.15) is 33.6 Å². The molecule has 0 saturated carbocycles. The van der Waals surface area contributed by atoms with Crippen LogP contribution in [0.2, 0.25) is 0 Å². The Bertz CT molecular complexity index is 181. The Morgan fingerprint density at radius 3 is 2.50 bits per heavy atom. The Balaban J connectivity index is 2.32. The van der Waals surface area contributed by atoms with Gasteiger partial charge in [0.2, 0.25) is 0 Å². The maximum absolute atomic E-state index is 3.58. The van der Waals surface area contributed by atoms with Crippen molar-refractivity contribution >= 4 is 11.8 Å². The van der Waals surface area contributed by atoms with Crippen molar-refractivity contribution in [3.8, 4) is 0 Å². The summed E-state index contributed by atoms with van der Waals surface area (Å²) in [5, 5.41) is 3.58. The number of thioether (sulfide) groups is 1. The quantitative estimate of drug-likeness (QED) is 0.693. The van der Waals surface area contributed by atoms with E-state index in [1.807, 2.05) is 0 Å². The SMILES string of the molecule is CCCNCC(C)(CC)CN1CCSCC1. The maximum atomic E-state index is 3.58. The normalized spacial score (nSPS) is 21.9. The minimum atomic E-state index is 0.456. The van der Waals surface area contributed by atoms with Gasteiger partial charge < -0.3 is 10.2 Å². The van der Waals surface area contributed by atoms with Gasteiger partial charge in [-0.2, -0.15) is 11.8 Å². The molecule has 16 heavy (non-hydrogen) atoms. The molecule has 1 unspecified atom stereocenters. The predicted octanol–water partition coefficient (Wildman–Crippen LogP) is 2.45. The molecule has 1 heterocycles. The molecule has 1 aliphatic rings. The lowest BCUT2D eigenvalue weighted by Crippen LogP contribution is -2.45. The monoisotopic (exact) mass is 244 g/mol. The number of nitrogens with one attached hydrogen (secondary N) is 1. The van der Waals surface area contributed by atoms with Gasteiger partial charge in [-0.25, -0.2) is 0 Å². The van der Waals surface area contributed by atoms with Crippen molar-refractivity contribution in [2.24, 2.45) is 5.41 Å². The Labute approximate surface area is 106 Å². The largest absolute Gasteiger partial charge is 0.316 e. The first-order chi connectivity index (χ1) is 7.70. The molecular weight excluding hydrogens is 216 g/mol. The molecule has 0 spiro atoms. The standard InChI is InChI=1S/C13H28N2S/c1-4-6-14-11-13(3,5-2)12-15-7-9-16-10-8-15/h14H,4-12H2,1-3H3. The Morgan fingerprint density at radius 2 is 1.94 bits per heavy atom. The second-order valence-electron chi connectivity index (χ2n) is 5.23. The summed E-state index contributed by atoms with van der Waals surface area (Å²) in [6, 6.07) is 0. The van der Waals surface area contributed by atoms with Crippen LogP contribution in [0.5, 0.6) is 0 Å². The van der Waals surface area contributed by atoms with Crippen LogP contribution in [-0.2, 0) is 0 Å². The first-order valence-corrected chi connectivity index (χ1v) is 7.86. The topological polar surface area (TPSA) is 15.3 Å². The molecule has 96 valence electrons. The highest BCUT2D eigenvalue weighted by Gasteiger charge is 2.25. The van der Waals surface area contributed by atoms with E-state index in [0.717, 1.165) is 6.54 Å². The van der Waals surface area contributed by atoms with Crippen molar-refractivity contribution in [3.63, 3.8) is 0 Å². The lowest BCUT2D eigenvalue weighted by atomic mass is 9.86. The van der Waals surface area contributed by atoms with Crippen molar-refractivity contribution in [2.75, 3.05) is 44.2 Å². The van der Waals surface area contributed by atoms with Gasteiger partial charge >= 0.3 is 0 Å². The van der Waals surface area contributed by atoms with E-state index in [2.05, 4.69) is 42.7 Å². The van der Waals surface area contributed by atoms with Crippen LogP contribution in [0, 0.1) is 5.41 Å². The lowest BCUT2D eigenvalue weighted by molar-refractivity contribution is 0.166. The minimum absolute atomic E-state index is 0.456. The average Bonchev–Trinajstić information content (AvgIpc) is 2.31. The molecule has 1 fully saturated rings. The zero-order valence-electron chi connectivity index (χ0n) is 11.2. The van der Waals surface area contributed by atoms with E-state index in [1.54, 1.807) is 0 Å². The maximum Gasteiger partial charge on any atom is 0.00729 e. The van der Waals surface area contributed by atoms with Crippen LogP contribution in [0.3, 0.4) is 0 Å². The zero-order valence-corrected chi connectivity index (χ0v) is 12.0. The fourth-order valence-corrected chi connectivity index (χ4v) is 3.14. The van der Waals surface area contributed by atoms with E-state index in [0.29, 0.717) is 5.41 Å². The third-order valence-corrected chi connectivity index (χ3v) is 4.48. The molecule has 2 nitrogen and oxygen atoms in total. The van der Waals surface area contributed by atoms with Crippen molar-refractivity contribution in [3.05, 3.63) is 0 Å². The molecule has 1 atom stereocenters. The van der Waals surface area contributed by atoms with E-state index < -0.39 is 0 Å². The highest BCUT2D eigenvalue weighted by atomic mass is 32.2. The van der Waals surface area contributed by atoms with Crippen LogP contribution < -0.4 is 5.32 Å². The van der Waals surface area contributed by atoms with Gasteiger partial charge in [0.05, 0.1) is 0 Å². The van der Waals surface area contributed by atoms with Gasteiger partial charge in [0.1, 0.15) is 0 Å². The smallest absolute Gasteiger partial charge is 0.00729 e. The molecule has 0 aromatic rings. The summed E-state index contributed by atoms with van der Waals surface area (Å²) in [6.45, 7) is 13.1. The molecule has 1 rings (SSSR count). The van der Waals surface area contributed by atoms with E-state index in [9.17, 15) is 0 Å². The fraction of sp³-hybridized carbons (Fsp3) is 1.00. The fourth-order valence-electron chi connectivity index (χ4n) is 2.16. The highest BCUT2D eigenvalue weighted by Crippen LogP contribution is 2.23. The summed E-state index contributed by atoms with van der Waals surface area (Å²) in [6.07, 6.45) is 2.51. The first-order valence-electron chi connectivity index (χ1n) is 6.71. The molecule has 3 heteroatoms. The Hall–Kier alpha value is 0.270. The summed E-state index contributed by atoms with van der Waals surface area (Å²) >= 11 is 2.10. The van der Waals surface area contributed by atoms with Crippen molar-refractivity contribution < 1.29 is 0 Å². The van der Waals surface area contributed by atoms with Gasteiger partial charge in [-0.15, -0.1) is 0 Å². The lowest BCUT2D eigenvalue weighted by Gasteiger charge is -2.36. The summed E-state index contributed by atoms with van der Waals surface area (Å²) in [4.78, 5) is 2.65. The second kappa shape index (κ2) is 7.57. The Kier molecular flexibility index (Phi) is 6.78. The molecule has 0 aliphatic carbocycles. The van der Waals surface area contributed by atoms with Crippen molar-refractivity contribution in [2.45, 2.75) is 33.6 Å².